The lowest BCUT2D eigenvalue weighted by Crippen LogP contribution is -2.10. The maximum absolute atomic E-state index is 5.56. The zero-order valence-electron chi connectivity index (χ0n) is 19.6. The van der Waals surface area contributed by atoms with Crippen LogP contribution in [0.5, 0.6) is 11.5 Å². The lowest BCUT2D eigenvalue weighted by Gasteiger charge is -2.12. The van der Waals surface area contributed by atoms with Crippen molar-refractivity contribution in [2.24, 2.45) is 10.2 Å². The Labute approximate surface area is 200 Å². The zero-order valence-corrected chi connectivity index (χ0v) is 19.6. The Morgan fingerprint density at radius 1 is 0.676 bits per heavy atom. The average Bonchev–Trinajstić information content (AvgIpc) is 3.57. The third-order valence-electron chi connectivity index (χ3n) is 6.22. The highest BCUT2D eigenvalue weighted by atomic mass is 16.5. The van der Waals surface area contributed by atoms with Gasteiger partial charge < -0.3 is 20.3 Å². The van der Waals surface area contributed by atoms with Crippen molar-refractivity contribution in [2.45, 2.75) is 38.8 Å². The summed E-state index contributed by atoms with van der Waals surface area (Å²) in [5.41, 5.74) is 13.4. The van der Waals surface area contributed by atoms with Crippen molar-refractivity contribution >= 4 is 11.4 Å². The summed E-state index contributed by atoms with van der Waals surface area (Å²) in [6.07, 6.45) is 1.69. The number of benzene rings is 3. The van der Waals surface area contributed by atoms with Gasteiger partial charge in [-0.25, -0.2) is 0 Å². The fraction of sp³-hybridized carbons (Fsp3) is 0.286. The monoisotopic (exact) mass is 454 g/mol. The van der Waals surface area contributed by atoms with E-state index in [4.69, 9.17) is 9.47 Å². The van der Waals surface area contributed by atoms with Crippen molar-refractivity contribution in [1.82, 2.24) is 10.9 Å². The Balaban J connectivity index is 1.23. The van der Waals surface area contributed by atoms with Gasteiger partial charge in [0.1, 0.15) is 11.5 Å². The number of hydrogen-bond donors (Lipinski definition) is 2. The van der Waals surface area contributed by atoms with Gasteiger partial charge in [0.2, 0.25) is 0 Å². The predicted octanol–water partition coefficient (Wildman–Crippen LogP) is 5.36. The second-order valence-electron chi connectivity index (χ2n) is 8.47. The summed E-state index contributed by atoms with van der Waals surface area (Å²) in [4.78, 5) is 0. The topological polar surface area (TPSA) is 67.2 Å². The summed E-state index contributed by atoms with van der Waals surface area (Å²) in [5, 5.41) is 9.29. The smallest absolute Gasteiger partial charge is 0.119 e. The molecule has 34 heavy (non-hydrogen) atoms. The molecular formula is C28H30N4O2. The highest BCUT2D eigenvalue weighted by molar-refractivity contribution is 6.06. The van der Waals surface area contributed by atoms with Crippen molar-refractivity contribution in [2.75, 3.05) is 13.2 Å². The van der Waals surface area contributed by atoms with Gasteiger partial charge in [-0.3, -0.25) is 0 Å². The minimum atomic E-state index is 0.170. The van der Waals surface area contributed by atoms with Crippen LogP contribution in [0, 0.1) is 0 Å². The first-order valence-corrected chi connectivity index (χ1v) is 11.9. The third kappa shape index (κ3) is 4.76. The van der Waals surface area contributed by atoms with E-state index in [0.29, 0.717) is 13.2 Å². The summed E-state index contributed by atoms with van der Waals surface area (Å²) in [6, 6.07) is 25.4. The summed E-state index contributed by atoms with van der Waals surface area (Å²) in [5.74, 6) is 1.79. The van der Waals surface area contributed by atoms with Gasteiger partial charge >= 0.3 is 0 Å². The van der Waals surface area contributed by atoms with Crippen molar-refractivity contribution in [1.29, 1.82) is 0 Å². The molecule has 2 atom stereocenters. The van der Waals surface area contributed by atoms with E-state index in [2.05, 4.69) is 69.6 Å². The Morgan fingerprint density at radius 3 is 1.53 bits per heavy atom. The first kappa shape index (κ1) is 22.0. The van der Waals surface area contributed by atoms with E-state index in [1.165, 1.54) is 11.1 Å². The van der Waals surface area contributed by atoms with E-state index < -0.39 is 0 Å². The Hall–Kier alpha value is -3.80. The van der Waals surface area contributed by atoms with Gasteiger partial charge in [-0.2, -0.15) is 10.2 Å². The van der Waals surface area contributed by atoms with Gasteiger partial charge in [-0.1, -0.05) is 42.5 Å². The maximum Gasteiger partial charge on any atom is 0.119 e. The lowest BCUT2D eigenvalue weighted by atomic mass is 9.95. The van der Waals surface area contributed by atoms with Crippen LogP contribution in [0.4, 0.5) is 0 Å². The molecule has 3 aromatic rings. The Morgan fingerprint density at radius 2 is 1.12 bits per heavy atom. The SMILES string of the molecule is CCOc1ccc(C2CC(c3cccc(C4=NNC(c5ccc(OCC)cc5)C4)c3)=NN2)cc1. The molecule has 0 saturated carbocycles. The van der Waals surface area contributed by atoms with Crippen LogP contribution < -0.4 is 20.3 Å². The van der Waals surface area contributed by atoms with Crippen LogP contribution in [-0.4, -0.2) is 24.6 Å². The van der Waals surface area contributed by atoms with Crippen LogP contribution in [0.2, 0.25) is 0 Å². The van der Waals surface area contributed by atoms with Crippen molar-refractivity contribution < 1.29 is 9.47 Å². The van der Waals surface area contributed by atoms with Gasteiger partial charge in [-0.15, -0.1) is 0 Å². The largest absolute Gasteiger partial charge is 0.494 e. The van der Waals surface area contributed by atoms with E-state index in [1.807, 2.05) is 38.1 Å². The summed E-state index contributed by atoms with van der Waals surface area (Å²) in [6.45, 7) is 5.33. The Bertz CT molecular complexity index is 1100. The number of rotatable bonds is 8. The molecule has 5 rings (SSSR count). The van der Waals surface area contributed by atoms with E-state index in [9.17, 15) is 0 Å². The van der Waals surface area contributed by atoms with Crippen LogP contribution in [-0.2, 0) is 0 Å². The van der Waals surface area contributed by atoms with Crippen LogP contribution in [0.1, 0.15) is 61.0 Å². The number of nitrogens with zero attached hydrogens (tertiary/aromatic N) is 2. The van der Waals surface area contributed by atoms with E-state index in [0.717, 1.165) is 46.9 Å². The summed E-state index contributed by atoms with van der Waals surface area (Å²) in [7, 11) is 0. The second-order valence-corrected chi connectivity index (χ2v) is 8.47. The average molecular weight is 455 g/mol. The highest BCUT2D eigenvalue weighted by Crippen LogP contribution is 2.29. The van der Waals surface area contributed by atoms with Gasteiger partial charge in [-0.05, 0) is 66.4 Å². The van der Waals surface area contributed by atoms with Crippen LogP contribution in [0.15, 0.2) is 83.0 Å². The zero-order chi connectivity index (χ0) is 23.3. The Kier molecular flexibility index (Phi) is 6.47. The molecule has 2 aliphatic rings. The molecule has 2 aliphatic heterocycles. The van der Waals surface area contributed by atoms with Crippen molar-refractivity contribution in [3.63, 3.8) is 0 Å². The van der Waals surface area contributed by atoms with Gasteiger partial charge in [0.05, 0.1) is 36.7 Å². The molecule has 2 unspecified atom stereocenters. The first-order chi connectivity index (χ1) is 16.7. The minimum absolute atomic E-state index is 0.170. The number of hydrazone groups is 2. The maximum atomic E-state index is 5.56. The summed E-state index contributed by atoms with van der Waals surface area (Å²) < 4.78 is 11.1. The summed E-state index contributed by atoms with van der Waals surface area (Å²) >= 11 is 0. The fourth-order valence-electron chi connectivity index (χ4n) is 4.43. The normalized spacial score (nSPS) is 19.1. The lowest BCUT2D eigenvalue weighted by molar-refractivity contribution is 0.340. The van der Waals surface area contributed by atoms with Crippen LogP contribution >= 0.6 is 0 Å². The van der Waals surface area contributed by atoms with E-state index in [1.54, 1.807) is 0 Å². The molecule has 3 aromatic carbocycles. The van der Waals surface area contributed by atoms with E-state index >= 15 is 0 Å². The first-order valence-electron chi connectivity index (χ1n) is 11.9. The van der Waals surface area contributed by atoms with Crippen molar-refractivity contribution in [3.05, 3.63) is 95.1 Å². The molecule has 6 heteroatoms. The van der Waals surface area contributed by atoms with Gasteiger partial charge in [0.25, 0.3) is 0 Å². The third-order valence-corrected chi connectivity index (χ3v) is 6.22. The molecule has 0 amide bonds. The molecular weight excluding hydrogens is 424 g/mol. The van der Waals surface area contributed by atoms with E-state index in [-0.39, 0.29) is 12.1 Å². The molecule has 0 radical (unpaired) electrons. The number of nitrogens with one attached hydrogen (secondary N) is 2. The molecule has 2 heterocycles. The minimum Gasteiger partial charge on any atom is -0.494 e. The molecule has 0 saturated heterocycles. The second kappa shape index (κ2) is 10.00. The van der Waals surface area contributed by atoms with Gasteiger partial charge in [0, 0.05) is 12.8 Å². The van der Waals surface area contributed by atoms with Crippen LogP contribution in [0.25, 0.3) is 0 Å². The van der Waals surface area contributed by atoms with Crippen LogP contribution in [0.3, 0.4) is 0 Å². The van der Waals surface area contributed by atoms with Crippen molar-refractivity contribution in [3.8, 4) is 11.5 Å². The molecule has 0 spiro atoms. The molecule has 0 aromatic heterocycles. The molecule has 2 N–H and O–H groups in total. The van der Waals surface area contributed by atoms with Gasteiger partial charge in [0.15, 0.2) is 0 Å². The standard InChI is InChI=1S/C28H30N4O2/c1-3-33-23-12-8-19(9-13-23)25-17-27(31-29-25)21-6-5-7-22(16-21)28-18-26(30-32-28)20-10-14-24(15-11-20)34-4-2/h5-16,25-26,29-30H,3-4,17-18H2,1-2H3. The fourth-order valence-corrected chi connectivity index (χ4v) is 4.43. The number of ether oxygens (including phenoxy) is 2. The molecule has 174 valence electrons. The molecule has 0 aliphatic carbocycles. The predicted molar refractivity (Wildman–Crippen MR) is 136 cm³/mol. The number of hydrogen-bond acceptors (Lipinski definition) is 6. The molecule has 0 bridgehead atoms. The molecule has 0 fully saturated rings. The quantitative estimate of drug-likeness (QED) is 0.481. The highest BCUT2D eigenvalue weighted by Gasteiger charge is 2.24. The molecule has 6 nitrogen and oxygen atoms in total.